The van der Waals surface area contributed by atoms with Crippen LogP contribution < -0.4 is 10.6 Å². The number of hydrogen-bond acceptors (Lipinski definition) is 4. The van der Waals surface area contributed by atoms with E-state index >= 15 is 0 Å². The third-order valence-corrected chi connectivity index (χ3v) is 5.24. The molecule has 1 radical (unpaired) electrons. The first kappa shape index (κ1) is 22.9. The maximum atomic E-state index is 13.0. The molecular formula is C23H33N2O4. The number of aryl methyl sites for hydroxylation is 1. The standard InChI is InChI=1S/C23H33N2O4/c1-16-10-8-9-13-18(16)14-19(25-22(28)29-23(2,3)4)21(27)24-20(15-26)17-11-6-5-7-12-17/h8-10,13,17,19-20H,5-7,11-12,14H2,1-4H3,(H,24,27)(H,25,28)/t19-,20+/m0/s1. The average Bonchev–Trinajstić information content (AvgIpc) is 2.66. The minimum atomic E-state index is -0.842. The molecule has 6 heteroatoms. The van der Waals surface area contributed by atoms with E-state index in [9.17, 15) is 14.4 Å². The summed E-state index contributed by atoms with van der Waals surface area (Å²) in [6, 6.07) is 6.22. The van der Waals surface area contributed by atoms with Gasteiger partial charge in [0.05, 0.1) is 6.04 Å². The molecule has 0 heterocycles. The lowest BCUT2D eigenvalue weighted by Crippen LogP contribution is -2.53. The van der Waals surface area contributed by atoms with Crippen molar-refractivity contribution >= 4 is 18.3 Å². The van der Waals surface area contributed by atoms with Crippen molar-refractivity contribution in [2.24, 2.45) is 5.92 Å². The molecule has 1 aromatic carbocycles. The molecule has 6 nitrogen and oxygen atoms in total. The van der Waals surface area contributed by atoms with Crippen LogP contribution in [0.3, 0.4) is 0 Å². The quantitative estimate of drug-likeness (QED) is 0.731. The van der Waals surface area contributed by atoms with Gasteiger partial charge >= 0.3 is 6.09 Å². The van der Waals surface area contributed by atoms with E-state index in [0.29, 0.717) is 6.42 Å². The van der Waals surface area contributed by atoms with Gasteiger partial charge in [-0.15, -0.1) is 0 Å². The summed E-state index contributed by atoms with van der Waals surface area (Å²) in [5.41, 5.74) is 1.31. The van der Waals surface area contributed by atoms with Crippen LogP contribution in [0.1, 0.15) is 64.0 Å². The van der Waals surface area contributed by atoms with E-state index in [-0.39, 0.29) is 5.92 Å². The molecule has 0 spiro atoms. The van der Waals surface area contributed by atoms with Crippen molar-refractivity contribution in [3.05, 3.63) is 35.4 Å². The van der Waals surface area contributed by atoms with Gasteiger partial charge in [0.15, 0.2) is 0 Å². The Balaban J connectivity index is 2.13. The Kier molecular flexibility index (Phi) is 8.23. The Hall–Kier alpha value is -2.37. The Morgan fingerprint density at radius 2 is 1.79 bits per heavy atom. The minimum Gasteiger partial charge on any atom is -0.444 e. The van der Waals surface area contributed by atoms with Gasteiger partial charge in [-0.05, 0) is 57.6 Å². The first-order valence-corrected chi connectivity index (χ1v) is 10.4. The van der Waals surface area contributed by atoms with E-state index in [2.05, 4.69) is 10.6 Å². The topological polar surface area (TPSA) is 84.5 Å². The van der Waals surface area contributed by atoms with Crippen molar-refractivity contribution in [3.8, 4) is 0 Å². The van der Waals surface area contributed by atoms with Gasteiger partial charge in [-0.2, -0.15) is 0 Å². The molecule has 2 atom stereocenters. The summed E-state index contributed by atoms with van der Waals surface area (Å²) in [4.78, 5) is 36.9. The zero-order valence-corrected chi connectivity index (χ0v) is 17.9. The van der Waals surface area contributed by atoms with E-state index < -0.39 is 29.7 Å². The van der Waals surface area contributed by atoms with Gasteiger partial charge in [0.25, 0.3) is 0 Å². The summed E-state index contributed by atoms with van der Waals surface area (Å²) in [6.45, 7) is 7.26. The third kappa shape index (κ3) is 7.52. The van der Waals surface area contributed by atoms with Gasteiger partial charge in [-0.3, -0.25) is 9.59 Å². The third-order valence-electron chi connectivity index (χ3n) is 5.24. The van der Waals surface area contributed by atoms with Crippen LogP contribution in [0.4, 0.5) is 4.79 Å². The fourth-order valence-electron chi connectivity index (χ4n) is 3.68. The average molecular weight is 402 g/mol. The summed E-state index contributed by atoms with van der Waals surface area (Å²) >= 11 is 0. The molecule has 0 aliphatic heterocycles. The molecule has 1 saturated carbocycles. The van der Waals surface area contributed by atoms with E-state index in [4.69, 9.17) is 4.74 Å². The van der Waals surface area contributed by atoms with Crippen LogP contribution in [0.25, 0.3) is 0 Å². The van der Waals surface area contributed by atoms with Crippen LogP contribution in [-0.2, 0) is 20.7 Å². The van der Waals surface area contributed by atoms with E-state index in [1.807, 2.05) is 37.5 Å². The Labute approximate surface area is 173 Å². The predicted molar refractivity (Wildman–Crippen MR) is 112 cm³/mol. The molecule has 159 valence electrons. The molecule has 0 aromatic heterocycles. The highest BCUT2D eigenvalue weighted by Crippen LogP contribution is 2.26. The number of carbonyl (C=O) groups is 2. The van der Waals surface area contributed by atoms with Gasteiger partial charge in [0, 0.05) is 6.42 Å². The van der Waals surface area contributed by atoms with Crippen molar-refractivity contribution in [1.29, 1.82) is 0 Å². The Morgan fingerprint density at radius 3 is 2.38 bits per heavy atom. The molecular weight excluding hydrogens is 368 g/mol. The molecule has 1 aromatic rings. The van der Waals surface area contributed by atoms with Crippen molar-refractivity contribution in [2.45, 2.75) is 83.9 Å². The lowest BCUT2D eigenvalue weighted by Gasteiger charge is -2.29. The smallest absolute Gasteiger partial charge is 0.408 e. The van der Waals surface area contributed by atoms with E-state index in [1.54, 1.807) is 20.8 Å². The molecule has 0 saturated heterocycles. The van der Waals surface area contributed by atoms with Crippen molar-refractivity contribution in [3.63, 3.8) is 0 Å². The Morgan fingerprint density at radius 1 is 1.14 bits per heavy atom. The Bertz CT molecular complexity index is 705. The molecule has 1 fully saturated rings. The molecule has 1 aliphatic rings. The van der Waals surface area contributed by atoms with Gasteiger partial charge in [0.2, 0.25) is 12.2 Å². The molecule has 0 unspecified atom stereocenters. The largest absolute Gasteiger partial charge is 0.444 e. The van der Waals surface area contributed by atoms with Crippen LogP contribution in [0.2, 0.25) is 0 Å². The highest BCUT2D eigenvalue weighted by atomic mass is 16.6. The van der Waals surface area contributed by atoms with E-state index in [0.717, 1.165) is 43.2 Å². The fourth-order valence-corrected chi connectivity index (χ4v) is 3.68. The fraction of sp³-hybridized carbons (Fsp3) is 0.609. The first-order chi connectivity index (χ1) is 13.7. The van der Waals surface area contributed by atoms with Gasteiger partial charge in [-0.25, -0.2) is 4.79 Å². The monoisotopic (exact) mass is 401 g/mol. The number of alkyl carbamates (subject to hydrolysis) is 1. The summed E-state index contributed by atoms with van der Waals surface area (Å²) in [6.07, 6.45) is 6.74. The second-order valence-corrected chi connectivity index (χ2v) is 8.83. The van der Waals surface area contributed by atoms with Crippen LogP contribution in [-0.4, -0.2) is 36.0 Å². The minimum absolute atomic E-state index is 0.103. The predicted octanol–water partition coefficient (Wildman–Crippen LogP) is 3.61. The number of ether oxygens (including phenoxy) is 1. The van der Waals surface area contributed by atoms with E-state index in [1.165, 1.54) is 0 Å². The van der Waals surface area contributed by atoms with Crippen molar-refractivity contribution in [1.82, 2.24) is 10.6 Å². The SMILES string of the molecule is Cc1ccccc1C[C@H](NC(=O)OC(C)(C)C)C(=O)N[C@H]([C]=O)C1CCCCC1. The first-order valence-electron chi connectivity index (χ1n) is 10.4. The molecule has 1 aliphatic carbocycles. The van der Waals surface area contributed by atoms with Gasteiger partial charge in [-0.1, -0.05) is 43.5 Å². The number of amides is 2. The zero-order valence-electron chi connectivity index (χ0n) is 17.9. The number of carbonyl (C=O) groups excluding carboxylic acids is 3. The number of nitrogens with one attached hydrogen (secondary N) is 2. The number of rotatable bonds is 7. The normalized spacial score (nSPS) is 17.1. The van der Waals surface area contributed by atoms with Crippen LogP contribution >= 0.6 is 0 Å². The number of hydrogen-bond donors (Lipinski definition) is 2. The van der Waals surface area contributed by atoms with Gasteiger partial charge < -0.3 is 15.4 Å². The maximum absolute atomic E-state index is 13.0. The summed E-state index contributed by atoms with van der Waals surface area (Å²) in [5.74, 6) is -0.288. The highest BCUT2D eigenvalue weighted by molar-refractivity contribution is 5.88. The van der Waals surface area contributed by atoms with Crippen LogP contribution in [0, 0.1) is 12.8 Å². The summed E-state index contributed by atoms with van der Waals surface area (Å²) in [5, 5.41) is 5.49. The number of benzene rings is 1. The van der Waals surface area contributed by atoms with Crippen molar-refractivity contribution < 1.29 is 19.1 Å². The lowest BCUT2D eigenvalue weighted by molar-refractivity contribution is -0.123. The summed E-state index contributed by atoms with van der Waals surface area (Å²) < 4.78 is 5.33. The molecule has 0 bridgehead atoms. The molecule has 29 heavy (non-hydrogen) atoms. The second kappa shape index (κ2) is 10.4. The maximum Gasteiger partial charge on any atom is 0.408 e. The molecule has 2 rings (SSSR count). The highest BCUT2D eigenvalue weighted by Gasteiger charge is 2.30. The lowest BCUT2D eigenvalue weighted by atomic mass is 9.84. The summed E-state index contributed by atoms with van der Waals surface area (Å²) in [7, 11) is 0. The second-order valence-electron chi connectivity index (χ2n) is 8.83. The van der Waals surface area contributed by atoms with Crippen LogP contribution in [0.5, 0.6) is 0 Å². The van der Waals surface area contributed by atoms with Crippen molar-refractivity contribution in [2.75, 3.05) is 0 Å². The zero-order chi connectivity index (χ0) is 21.4. The molecule has 2 N–H and O–H groups in total. The van der Waals surface area contributed by atoms with Gasteiger partial charge in [0.1, 0.15) is 11.6 Å². The van der Waals surface area contributed by atoms with Crippen LogP contribution in [0.15, 0.2) is 24.3 Å². The molecule has 2 amide bonds.